The fourth-order valence-corrected chi connectivity index (χ4v) is 3.99. The average molecular weight is 394 g/mol. The zero-order valence-electron chi connectivity index (χ0n) is 15.9. The van der Waals surface area contributed by atoms with E-state index in [1.54, 1.807) is 0 Å². The van der Waals surface area contributed by atoms with Crippen molar-refractivity contribution >= 4 is 27.5 Å². The predicted octanol–water partition coefficient (Wildman–Crippen LogP) is 6.51. The minimum absolute atomic E-state index is 0.107. The standard InChI is InChI=1S/C21H32BrNO/c1-20(2,3)15-11-14(12-16(13-15)21(4,5)6)19(24)23-18-9-7-17(22)8-10-18/h7-10,14-16H,11-13H2,1-6H3,(H,23,24)/t15-,16-/m1/s1. The third-order valence-corrected chi connectivity index (χ3v) is 6.17. The molecule has 0 unspecified atom stereocenters. The first-order valence-corrected chi connectivity index (χ1v) is 9.82. The van der Waals surface area contributed by atoms with Gasteiger partial charge in [-0.05, 0) is 66.2 Å². The highest BCUT2D eigenvalue weighted by Gasteiger charge is 2.41. The van der Waals surface area contributed by atoms with Crippen molar-refractivity contribution in [2.75, 3.05) is 5.32 Å². The maximum Gasteiger partial charge on any atom is 0.227 e. The first-order valence-electron chi connectivity index (χ1n) is 9.03. The Bertz CT molecular complexity index is 543. The van der Waals surface area contributed by atoms with Crippen LogP contribution in [0.3, 0.4) is 0 Å². The van der Waals surface area contributed by atoms with Crippen LogP contribution in [0, 0.1) is 28.6 Å². The Morgan fingerprint density at radius 3 is 1.79 bits per heavy atom. The van der Waals surface area contributed by atoms with Crippen molar-refractivity contribution in [2.24, 2.45) is 28.6 Å². The molecule has 0 heterocycles. The van der Waals surface area contributed by atoms with Crippen molar-refractivity contribution < 1.29 is 4.79 Å². The maximum absolute atomic E-state index is 12.9. The fraction of sp³-hybridized carbons (Fsp3) is 0.667. The van der Waals surface area contributed by atoms with Gasteiger partial charge in [0.2, 0.25) is 5.91 Å². The topological polar surface area (TPSA) is 29.1 Å². The smallest absolute Gasteiger partial charge is 0.227 e. The van der Waals surface area contributed by atoms with Crippen LogP contribution in [0.5, 0.6) is 0 Å². The van der Waals surface area contributed by atoms with E-state index in [0.717, 1.165) is 23.0 Å². The molecule has 0 aliphatic heterocycles. The number of amides is 1. The first-order chi connectivity index (χ1) is 11.0. The summed E-state index contributed by atoms with van der Waals surface area (Å²) in [6.07, 6.45) is 3.23. The van der Waals surface area contributed by atoms with Gasteiger partial charge in [-0.25, -0.2) is 0 Å². The summed E-state index contributed by atoms with van der Waals surface area (Å²) >= 11 is 3.43. The zero-order valence-corrected chi connectivity index (χ0v) is 17.5. The molecule has 1 saturated carbocycles. The van der Waals surface area contributed by atoms with Gasteiger partial charge in [0.15, 0.2) is 0 Å². The molecule has 1 aromatic carbocycles. The molecule has 1 aliphatic rings. The number of hydrogen-bond acceptors (Lipinski definition) is 1. The summed E-state index contributed by atoms with van der Waals surface area (Å²) in [5.74, 6) is 1.48. The summed E-state index contributed by atoms with van der Waals surface area (Å²) in [7, 11) is 0. The molecular formula is C21H32BrNO. The predicted molar refractivity (Wildman–Crippen MR) is 106 cm³/mol. The van der Waals surface area contributed by atoms with Gasteiger partial charge in [0, 0.05) is 16.1 Å². The van der Waals surface area contributed by atoms with Crippen molar-refractivity contribution in [3.63, 3.8) is 0 Å². The molecule has 2 atom stereocenters. The molecular weight excluding hydrogens is 362 g/mol. The molecule has 0 saturated heterocycles. The van der Waals surface area contributed by atoms with Crippen molar-refractivity contribution in [1.29, 1.82) is 0 Å². The van der Waals surface area contributed by atoms with Crippen LogP contribution in [0.15, 0.2) is 28.7 Å². The monoisotopic (exact) mass is 393 g/mol. The number of carbonyl (C=O) groups is 1. The Labute approximate surface area is 155 Å². The molecule has 1 aliphatic carbocycles. The highest BCUT2D eigenvalue weighted by atomic mass is 79.9. The third kappa shape index (κ3) is 5.08. The molecule has 0 aromatic heterocycles. The second-order valence-electron chi connectivity index (χ2n) is 9.53. The van der Waals surface area contributed by atoms with Gasteiger partial charge in [-0.15, -0.1) is 0 Å². The largest absolute Gasteiger partial charge is 0.326 e. The second-order valence-corrected chi connectivity index (χ2v) is 10.4. The van der Waals surface area contributed by atoms with Gasteiger partial charge in [-0.1, -0.05) is 57.5 Å². The quantitative estimate of drug-likeness (QED) is 0.608. The minimum atomic E-state index is 0.107. The summed E-state index contributed by atoms with van der Waals surface area (Å²) in [6.45, 7) is 13.9. The van der Waals surface area contributed by atoms with Crippen LogP contribution in [0.25, 0.3) is 0 Å². The normalized spacial score (nSPS) is 25.4. The van der Waals surface area contributed by atoms with Crippen molar-refractivity contribution in [2.45, 2.75) is 60.8 Å². The van der Waals surface area contributed by atoms with Crippen LogP contribution >= 0.6 is 15.9 Å². The van der Waals surface area contributed by atoms with E-state index in [1.807, 2.05) is 24.3 Å². The van der Waals surface area contributed by atoms with E-state index >= 15 is 0 Å². The van der Waals surface area contributed by atoms with Crippen molar-refractivity contribution in [1.82, 2.24) is 0 Å². The van der Waals surface area contributed by atoms with Crippen LogP contribution in [0.4, 0.5) is 5.69 Å². The SMILES string of the molecule is CC(C)(C)[C@@H]1CC(C(=O)Nc2ccc(Br)cc2)C[C@@H](C(C)(C)C)C1. The Hall–Kier alpha value is -0.830. The lowest BCUT2D eigenvalue weighted by Gasteiger charge is -2.45. The number of anilines is 1. The highest BCUT2D eigenvalue weighted by Crippen LogP contribution is 2.48. The van der Waals surface area contributed by atoms with E-state index in [2.05, 4.69) is 62.8 Å². The van der Waals surface area contributed by atoms with Gasteiger partial charge in [0.05, 0.1) is 0 Å². The minimum Gasteiger partial charge on any atom is -0.326 e. The van der Waals surface area contributed by atoms with Gasteiger partial charge >= 0.3 is 0 Å². The third-order valence-electron chi connectivity index (χ3n) is 5.64. The molecule has 2 nitrogen and oxygen atoms in total. The molecule has 24 heavy (non-hydrogen) atoms. The lowest BCUT2D eigenvalue weighted by atomic mass is 9.60. The molecule has 0 radical (unpaired) electrons. The number of carbonyl (C=O) groups excluding carboxylic acids is 1. The van der Waals surface area contributed by atoms with Gasteiger partial charge in [0.1, 0.15) is 0 Å². The Kier molecular flexibility index (Phi) is 5.84. The molecule has 1 aromatic rings. The number of hydrogen-bond donors (Lipinski definition) is 1. The molecule has 3 heteroatoms. The molecule has 134 valence electrons. The molecule has 1 fully saturated rings. The first kappa shape index (κ1) is 19.5. The van der Waals surface area contributed by atoms with Gasteiger partial charge in [-0.2, -0.15) is 0 Å². The summed E-state index contributed by atoms with van der Waals surface area (Å²) < 4.78 is 1.03. The second kappa shape index (κ2) is 7.19. The fourth-order valence-electron chi connectivity index (χ4n) is 3.72. The van der Waals surface area contributed by atoms with Crippen LogP contribution in [-0.4, -0.2) is 5.91 Å². The van der Waals surface area contributed by atoms with Gasteiger partial charge in [-0.3, -0.25) is 4.79 Å². The number of nitrogens with one attached hydrogen (secondary N) is 1. The Morgan fingerprint density at radius 2 is 1.38 bits per heavy atom. The molecule has 1 amide bonds. The van der Waals surface area contributed by atoms with E-state index in [1.165, 1.54) is 6.42 Å². The Balaban J connectivity index is 2.14. The van der Waals surface area contributed by atoms with E-state index < -0.39 is 0 Å². The molecule has 1 N–H and O–H groups in total. The van der Waals surface area contributed by atoms with Crippen molar-refractivity contribution in [3.8, 4) is 0 Å². The van der Waals surface area contributed by atoms with E-state index in [0.29, 0.717) is 11.8 Å². The number of rotatable bonds is 2. The van der Waals surface area contributed by atoms with E-state index in [9.17, 15) is 4.79 Å². The van der Waals surface area contributed by atoms with Crippen LogP contribution in [-0.2, 0) is 4.79 Å². The zero-order chi connectivity index (χ0) is 18.1. The Morgan fingerprint density at radius 1 is 0.917 bits per heavy atom. The van der Waals surface area contributed by atoms with Gasteiger partial charge < -0.3 is 5.32 Å². The highest BCUT2D eigenvalue weighted by molar-refractivity contribution is 9.10. The molecule has 0 spiro atoms. The van der Waals surface area contributed by atoms with Crippen LogP contribution in [0.1, 0.15) is 60.8 Å². The van der Waals surface area contributed by atoms with E-state index in [4.69, 9.17) is 0 Å². The van der Waals surface area contributed by atoms with Gasteiger partial charge in [0.25, 0.3) is 0 Å². The average Bonchev–Trinajstić information content (AvgIpc) is 2.47. The number of halogens is 1. The van der Waals surface area contributed by atoms with Crippen LogP contribution < -0.4 is 5.32 Å². The lowest BCUT2D eigenvalue weighted by Crippen LogP contribution is -2.40. The molecule has 2 rings (SSSR count). The van der Waals surface area contributed by atoms with Crippen molar-refractivity contribution in [3.05, 3.63) is 28.7 Å². The summed E-state index contributed by atoms with van der Waals surface area (Å²) in [4.78, 5) is 12.9. The summed E-state index contributed by atoms with van der Waals surface area (Å²) in [6, 6.07) is 7.83. The molecule has 0 bridgehead atoms. The summed E-state index contributed by atoms with van der Waals surface area (Å²) in [5.41, 5.74) is 1.38. The summed E-state index contributed by atoms with van der Waals surface area (Å²) in [5, 5.41) is 3.12. The maximum atomic E-state index is 12.9. The number of benzene rings is 1. The lowest BCUT2D eigenvalue weighted by molar-refractivity contribution is -0.123. The van der Waals surface area contributed by atoms with Crippen LogP contribution in [0.2, 0.25) is 0 Å². The van der Waals surface area contributed by atoms with E-state index in [-0.39, 0.29) is 22.7 Å².